The lowest BCUT2D eigenvalue weighted by atomic mass is 10.1. The Bertz CT molecular complexity index is 1170. The van der Waals surface area contributed by atoms with E-state index in [1.54, 1.807) is 22.4 Å². The molecule has 0 aliphatic carbocycles. The van der Waals surface area contributed by atoms with E-state index in [0.717, 1.165) is 16.8 Å². The van der Waals surface area contributed by atoms with Crippen LogP contribution in [0.1, 0.15) is 34.1 Å². The Morgan fingerprint density at radius 1 is 1.00 bits per heavy atom. The molecule has 1 heterocycles. The standard InChI is InChI=1S/C24H26N2O6S/c1-14-7-9-19(15(2)11-14)26(16(3)27)24-25-17(13-33-24)12-32-23(28)18-8-10-20(29-4)22(31-6)21(18)30-5/h7-11,13H,12H2,1-6H3. The van der Waals surface area contributed by atoms with Crippen LogP contribution in [0.25, 0.3) is 0 Å². The van der Waals surface area contributed by atoms with Crippen LogP contribution in [0.5, 0.6) is 17.2 Å². The number of aromatic nitrogens is 1. The van der Waals surface area contributed by atoms with Gasteiger partial charge in [0.05, 0.1) is 32.7 Å². The van der Waals surface area contributed by atoms with Crippen LogP contribution >= 0.6 is 11.3 Å². The average molecular weight is 471 g/mol. The Labute approximate surface area is 196 Å². The molecular weight excluding hydrogens is 444 g/mol. The molecule has 1 aromatic heterocycles. The van der Waals surface area contributed by atoms with Crippen LogP contribution in [0.15, 0.2) is 35.7 Å². The summed E-state index contributed by atoms with van der Waals surface area (Å²) in [4.78, 5) is 31.2. The second-order valence-corrected chi connectivity index (χ2v) is 8.06. The third-order valence-corrected chi connectivity index (χ3v) is 5.79. The first kappa shape index (κ1) is 24.1. The molecule has 0 bridgehead atoms. The van der Waals surface area contributed by atoms with Gasteiger partial charge in [-0.2, -0.15) is 0 Å². The minimum absolute atomic E-state index is 0.0640. The van der Waals surface area contributed by atoms with E-state index in [1.165, 1.54) is 39.6 Å². The first-order valence-electron chi connectivity index (χ1n) is 10.1. The van der Waals surface area contributed by atoms with Crippen molar-refractivity contribution in [3.8, 4) is 17.2 Å². The summed E-state index contributed by atoms with van der Waals surface area (Å²) in [5.74, 6) is 0.204. The van der Waals surface area contributed by atoms with Crippen LogP contribution < -0.4 is 19.1 Å². The van der Waals surface area contributed by atoms with E-state index in [-0.39, 0.29) is 23.8 Å². The molecule has 0 spiro atoms. The van der Waals surface area contributed by atoms with Gasteiger partial charge in [0.2, 0.25) is 11.7 Å². The van der Waals surface area contributed by atoms with Crippen molar-refractivity contribution >= 4 is 34.0 Å². The molecule has 0 fully saturated rings. The zero-order valence-electron chi connectivity index (χ0n) is 19.4. The molecule has 3 rings (SSSR count). The number of nitrogens with zero attached hydrogens (tertiary/aromatic N) is 2. The third-order valence-electron chi connectivity index (χ3n) is 4.91. The monoisotopic (exact) mass is 470 g/mol. The molecule has 8 nitrogen and oxygen atoms in total. The van der Waals surface area contributed by atoms with Gasteiger partial charge in [0.25, 0.3) is 0 Å². The Balaban J connectivity index is 1.80. The van der Waals surface area contributed by atoms with Crippen LogP contribution in [-0.2, 0) is 16.1 Å². The number of hydrogen-bond acceptors (Lipinski definition) is 8. The van der Waals surface area contributed by atoms with E-state index in [0.29, 0.717) is 22.3 Å². The quantitative estimate of drug-likeness (QED) is 0.436. The number of rotatable bonds is 8. The lowest BCUT2D eigenvalue weighted by Gasteiger charge is -2.20. The van der Waals surface area contributed by atoms with Crippen molar-refractivity contribution < 1.29 is 28.5 Å². The molecule has 9 heteroatoms. The van der Waals surface area contributed by atoms with E-state index in [2.05, 4.69) is 4.98 Å². The lowest BCUT2D eigenvalue weighted by molar-refractivity contribution is -0.115. The number of esters is 1. The highest BCUT2D eigenvalue weighted by atomic mass is 32.1. The molecule has 0 saturated heterocycles. The summed E-state index contributed by atoms with van der Waals surface area (Å²) in [6, 6.07) is 9.01. The van der Waals surface area contributed by atoms with Gasteiger partial charge in [-0.15, -0.1) is 11.3 Å². The number of benzene rings is 2. The summed E-state index contributed by atoms with van der Waals surface area (Å²) in [7, 11) is 4.39. The number of amides is 1. The molecule has 0 unspecified atom stereocenters. The molecule has 0 atom stereocenters. The summed E-state index contributed by atoms with van der Waals surface area (Å²) in [6.45, 7) is 5.37. The third kappa shape index (κ3) is 5.09. The van der Waals surface area contributed by atoms with Crippen LogP contribution in [0.4, 0.5) is 10.8 Å². The van der Waals surface area contributed by atoms with Crippen molar-refractivity contribution in [3.63, 3.8) is 0 Å². The van der Waals surface area contributed by atoms with Gasteiger partial charge in [-0.3, -0.25) is 9.69 Å². The van der Waals surface area contributed by atoms with Crippen molar-refractivity contribution in [3.05, 3.63) is 58.1 Å². The Hall–Kier alpha value is -3.59. The number of hydrogen-bond donors (Lipinski definition) is 0. The Morgan fingerprint density at radius 3 is 2.33 bits per heavy atom. The Morgan fingerprint density at radius 2 is 1.73 bits per heavy atom. The fourth-order valence-electron chi connectivity index (χ4n) is 3.41. The van der Waals surface area contributed by atoms with Gasteiger partial charge >= 0.3 is 5.97 Å². The van der Waals surface area contributed by atoms with Crippen molar-refractivity contribution in [1.29, 1.82) is 0 Å². The number of methoxy groups -OCH3 is 3. The van der Waals surface area contributed by atoms with Crippen molar-refractivity contribution in [2.45, 2.75) is 27.4 Å². The maximum atomic E-state index is 12.7. The number of ether oxygens (including phenoxy) is 4. The predicted octanol–water partition coefficient (Wildman–Crippen LogP) is 4.83. The Kier molecular flexibility index (Phi) is 7.55. The summed E-state index contributed by atoms with van der Waals surface area (Å²) < 4.78 is 21.4. The van der Waals surface area contributed by atoms with E-state index >= 15 is 0 Å². The van der Waals surface area contributed by atoms with E-state index in [4.69, 9.17) is 18.9 Å². The van der Waals surface area contributed by atoms with Gasteiger partial charge < -0.3 is 18.9 Å². The summed E-state index contributed by atoms with van der Waals surface area (Å²) >= 11 is 1.30. The molecule has 1 amide bonds. The van der Waals surface area contributed by atoms with Crippen LogP contribution in [0.3, 0.4) is 0 Å². The predicted molar refractivity (Wildman–Crippen MR) is 126 cm³/mol. The van der Waals surface area contributed by atoms with Crippen molar-refractivity contribution in [2.75, 3.05) is 26.2 Å². The van der Waals surface area contributed by atoms with Gasteiger partial charge in [-0.05, 0) is 37.6 Å². The fraction of sp³-hybridized carbons (Fsp3) is 0.292. The van der Waals surface area contributed by atoms with Gasteiger partial charge in [0.15, 0.2) is 16.6 Å². The molecule has 0 saturated carbocycles. The van der Waals surface area contributed by atoms with Crippen LogP contribution in [-0.4, -0.2) is 38.2 Å². The molecule has 0 radical (unpaired) electrons. The van der Waals surface area contributed by atoms with Crippen molar-refractivity contribution in [2.24, 2.45) is 0 Å². The number of anilines is 2. The number of thiazole rings is 1. The topological polar surface area (TPSA) is 87.2 Å². The fourth-order valence-corrected chi connectivity index (χ4v) is 4.27. The number of carbonyl (C=O) groups is 2. The summed E-state index contributed by atoms with van der Waals surface area (Å²) in [5, 5.41) is 2.26. The maximum absolute atomic E-state index is 12.7. The first-order chi connectivity index (χ1) is 15.8. The van der Waals surface area contributed by atoms with Crippen LogP contribution in [0.2, 0.25) is 0 Å². The average Bonchev–Trinajstić information content (AvgIpc) is 3.26. The molecular formula is C24H26N2O6S. The molecule has 2 aromatic carbocycles. The van der Waals surface area contributed by atoms with Crippen LogP contribution in [0, 0.1) is 13.8 Å². The molecule has 0 N–H and O–H groups in total. The number of carbonyl (C=O) groups excluding carboxylic acids is 2. The zero-order valence-corrected chi connectivity index (χ0v) is 20.2. The van der Waals surface area contributed by atoms with Gasteiger partial charge in [-0.25, -0.2) is 9.78 Å². The highest BCUT2D eigenvalue weighted by Gasteiger charge is 2.23. The molecule has 33 heavy (non-hydrogen) atoms. The normalized spacial score (nSPS) is 10.5. The van der Waals surface area contributed by atoms with Gasteiger partial charge in [0, 0.05) is 12.3 Å². The largest absolute Gasteiger partial charge is 0.493 e. The lowest BCUT2D eigenvalue weighted by Crippen LogP contribution is -2.23. The van der Waals surface area contributed by atoms with Gasteiger partial charge in [-0.1, -0.05) is 17.7 Å². The molecule has 174 valence electrons. The second kappa shape index (κ2) is 10.4. The minimum Gasteiger partial charge on any atom is -0.493 e. The number of aryl methyl sites for hydroxylation is 2. The van der Waals surface area contributed by atoms with E-state index in [9.17, 15) is 9.59 Å². The minimum atomic E-state index is -0.597. The highest BCUT2D eigenvalue weighted by molar-refractivity contribution is 7.14. The highest BCUT2D eigenvalue weighted by Crippen LogP contribution is 2.40. The van der Waals surface area contributed by atoms with E-state index in [1.807, 2.05) is 32.0 Å². The van der Waals surface area contributed by atoms with E-state index < -0.39 is 5.97 Å². The SMILES string of the molecule is COc1ccc(C(=O)OCc2csc(N(C(C)=O)c3ccc(C)cc3C)n2)c(OC)c1OC. The maximum Gasteiger partial charge on any atom is 0.342 e. The van der Waals surface area contributed by atoms with Crippen molar-refractivity contribution in [1.82, 2.24) is 4.98 Å². The molecule has 3 aromatic rings. The molecule has 0 aliphatic rings. The second-order valence-electron chi connectivity index (χ2n) is 7.22. The first-order valence-corrected chi connectivity index (χ1v) is 11.0. The summed E-state index contributed by atoms with van der Waals surface area (Å²) in [6.07, 6.45) is 0. The van der Waals surface area contributed by atoms with Gasteiger partial charge in [0.1, 0.15) is 12.2 Å². The smallest absolute Gasteiger partial charge is 0.342 e. The summed E-state index contributed by atoms with van der Waals surface area (Å²) in [5.41, 5.74) is 3.57. The molecule has 0 aliphatic heterocycles. The zero-order chi connectivity index (χ0) is 24.1.